The fraction of sp³-hybridized carbons (Fsp3) is 0.500. The highest BCUT2D eigenvalue weighted by Gasteiger charge is 2.22. The van der Waals surface area contributed by atoms with Crippen molar-refractivity contribution in [2.24, 2.45) is 11.7 Å². The topological polar surface area (TPSA) is 55.1 Å². The van der Waals surface area contributed by atoms with Crippen molar-refractivity contribution in [3.8, 4) is 0 Å². The third kappa shape index (κ3) is 4.19. The molecule has 17 heavy (non-hydrogen) atoms. The van der Waals surface area contributed by atoms with Crippen LogP contribution >= 0.6 is 0 Å². The molecule has 0 fully saturated rings. The lowest BCUT2D eigenvalue weighted by Crippen LogP contribution is -2.46. The van der Waals surface area contributed by atoms with Gasteiger partial charge in [0.1, 0.15) is 0 Å². The molecule has 0 radical (unpaired) electrons. The zero-order valence-electron chi connectivity index (χ0n) is 10.6. The van der Waals surface area contributed by atoms with E-state index in [-0.39, 0.29) is 11.9 Å². The van der Waals surface area contributed by atoms with E-state index in [9.17, 15) is 4.79 Å². The summed E-state index contributed by atoms with van der Waals surface area (Å²) in [5.74, 6) is 0.0610. The van der Waals surface area contributed by atoms with Gasteiger partial charge in [-0.15, -0.1) is 0 Å². The molecule has 0 bridgehead atoms. The molecule has 0 saturated carbocycles. The van der Waals surface area contributed by atoms with Crippen molar-refractivity contribution in [1.82, 2.24) is 5.32 Å². The normalized spacial score (nSPS) is 12.6. The number of benzene rings is 1. The Balaban J connectivity index is 2.59. The van der Waals surface area contributed by atoms with Gasteiger partial charge in [0.2, 0.25) is 5.91 Å². The number of amides is 1. The molecule has 3 N–H and O–H groups in total. The smallest absolute Gasteiger partial charge is 0.234 e. The van der Waals surface area contributed by atoms with E-state index >= 15 is 0 Å². The minimum Gasteiger partial charge on any atom is -0.368 e. The van der Waals surface area contributed by atoms with Gasteiger partial charge in [0.15, 0.2) is 0 Å². The minimum atomic E-state index is -0.255. The van der Waals surface area contributed by atoms with Gasteiger partial charge in [-0.3, -0.25) is 4.79 Å². The van der Waals surface area contributed by atoms with Gasteiger partial charge < -0.3 is 11.1 Å². The van der Waals surface area contributed by atoms with Crippen LogP contribution in [-0.2, 0) is 11.3 Å². The Kier molecular flexibility index (Phi) is 5.70. The highest BCUT2D eigenvalue weighted by molar-refractivity contribution is 5.80. The number of primary amides is 1. The summed E-state index contributed by atoms with van der Waals surface area (Å²) in [4.78, 5) is 11.4. The van der Waals surface area contributed by atoms with Crippen molar-refractivity contribution in [3.63, 3.8) is 0 Å². The number of carbonyl (C=O) groups excluding carboxylic acids is 1. The number of hydrogen-bond donors (Lipinski definition) is 2. The van der Waals surface area contributed by atoms with Crippen LogP contribution in [0.5, 0.6) is 0 Å². The van der Waals surface area contributed by atoms with Crippen molar-refractivity contribution >= 4 is 5.91 Å². The Morgan fingerprint density at radius 1 is 1.24 bits per heavy atom. The van der Waals surface area contributed by atoms with E-state index in [1.165, 1.54) is 5.56 Å². The molecule has 1 aromatic rings. The molecule has 1 amide bonds. The molecule has 3 nitrogen and oxygen atoms in total. The first-order valence-corrected chi connectivity index (χ1v) is 6.25. The molecule has 0 aliphatic heterocycles. The number of hydrogen-bond acceptors (Lipinski definition) is 2. The molecule has 1 rings (SSSR count). The fourth-order valence-corrected chi connectivity index (χ4v) is 2.08. The first kappa shape index (κ1) is 13.7. The van der Waals surface area contributed by atoms with Crippen LogP contribution in [0.25, 0.3) is 0 Å². The average Bonchev–Trinajstić information content (AvgIpc) is 2.35. The Labute approximate surface area is 103 Å². The summed E-state index contributed by atoms with van der Waals surface area (Å²) in [6, 6.07) is 9.82. The van der Waals surface area contributed by atoms with Crippen molar-refractivity contribution in [2.45, 2.75) is 39.3 Å². The molecule has 0 heterocycles. The van der Waals surface area contributed by atoms with Crippen molar-refractivity contribution in [3.05, 3.63) is 35.9 Å². The zero-order valence-corrected chi connectivity index (χ0v) is 10.6. The number of carbonyl (C=O) groups is 1. The Morgan fingerprint density at radius 2 is 1.82 bits per heavy atom. The van der Waals surface area contributed by atoms with Crippen LogP contribution in [0.15, 0.2) is 30.3 Å². The molecule has 1 atom stereocenters. The molecule has 94 valence electrons. The summed E-state index contributed by atoms with van der Waals surface area (Å²) in [5, 5.41) is 3.26. The van der Waals surface area contributed by atoms with E-state index in [0.29, 0.717) is 12.5 Å². The lowest BCUT2D eigenvalue weighted by molar-refractivity contribution is -0.121. The molecule has 0 unspecified atom stereocenters. The summed E-state index contributed by atoms with van der Waals surface area (Å²) in [6.45, 7) is 4.87. The molecular formula is C14H22N2O. The van der Waals surface area contributed by atoms with E-state index < -0.39 is 0 Å². The minimum absolute atomic E-state index is 0.231. The fourth-order valence-electron chi connectivity index (χ4n) is 2.08. The second-order valence-corrected chi connectivity index (χ2v) is 4.32. The molecule has 0 aliphatic rings. The third-order valence-corrected chi connectivity index (χ3v) is 3.20. The van der Waals surface area contributed by atoms with Crippen molar-refractivity contribution < 1.29 is 4.79 Å². The number of nitrogens with two attached hydrogens (primary N) is 1. The Bertz CT molecular complexity index is 333. The summed E-state index contributed by atoms with van der Waals surface area (Å²) in [5.41, 5.74) is 6.62. The van der Waals surface area contributed by atoms with E-state index in [1.54, 1.807) is 0 Å². The summed E-state index contributed by atoms with van der Waals surface area (Å²) < 4.78 is 0. The Hall–Kier alpha value is -1.35. The highest BCUT2D eigenvalue weighted by atomic mass is 16.1. The third-order valence-electron chi connectivity index (χ3n) is 3.20. The molecule has 0 saturated heterocycles. The lowest BCUT2D eigenvalue weighted by atomic mass is 9.93. The van der Waals surface area contributed by atoms with Gasteiger partial charge in [0, 0.05) is 6.54 Å². The Morgan fingerprint density at radius 3 is 2.29 bits per heavy atom. The van der Waals surface area contributed by atoms with Gasteiger partial charge in [-0.05, 0) is 11.5 Å². The van der Waals surface area contributed by atoms with Crippen molar-refractivity contribution in [2.75, 3.05) is 0 Å². The maximum atomic E-state index is 11.4. The average molecular weight is 234 g/mol. The van der Waals surface area contributed by atoms with Crippen LogP contribution in [0, 0.1) is 5.92 Å². The molecule has 1 aromatic carbocycles. The van der Waals surface area contributed by atoms with Crippen LogP contribution in [-0.4, -0.2) is 11.9 Å². The van der Waals surface area contributed by atoms with E-state index in [4.69, 9.17) is 5.73 Å². The van der Waals surface area contributed by atoms with Crippen LogP contribution in [0.2, 0.25) is 0 Å². The SMILES string of the molecule is CCC(CC)[C@H](NCc1ccccc1)C(N)=O. The first-order valence-electron chi connectivity index (χ1n) is 6.25. The van der Waals surface area contributed by atoms with Gasteiger partial charge in [0.25, 0.3) is 0 Å². The van der Waals surface area contributed by atoms with E-state index in [2.05, 4.69) is 19.2 Å². The molecule has 0 aromatic heterocycles. The predicted octanol–water partition coefficient (Wildman–Crippen LogP) is 2.07. The molecular weight excluding hydrogens is 212 g/mol. The van der Waals surface area contributed by atoms with Crippen LogP contribution < -0.4 is 11.1 Å². The summed E-state index contributed by atoms with van der Waals surface area (Å²) in [7, 11) is 0. The second-order valence-electron chi connectivity index (χ2n) is 4.32. The van der Waals surface area contributed by atoms with Gasteiger partial charge in [-0.1, -0.05) is 57.0 Å². The van der Waals surface area contributed by atoms with Crippen LogP contribution in [0.4, 0.5) is 0 Å². The molecule has 0 aliphatic carbocycles. The largest absolute Gasteiger partial charge is 0.368 e. The maximum absolute atomic E-state index is 11.4. The van der Waals surface area contributed by atoms with Crippen molar-refractivity contribution in [1.29, 1.82) is 0 Å². The van der Waals surface area contributed by atoms with Gasteiger partial charge in [-0.2, -0.15) is 0 Å². The lowest BCUT2D eigenvalue weighted by Gasteiger charge is -2.23. The van der Waals surface area contributed by atoms with Crippen LogP contribution in [0.3, 0.4) is 0 Å². The summed E-state index contributed by atoms with van der Waals surface area (Å²) in [6.07, 6.45) is 1.93. The zero-order chi connectivity index (χ0) is 12.7. The quantitative estimate of drug-likeness (QED) is 0.758. The molecule has 3 heteroatoms. The molecule has 0 spiro atoms. The first-order chi connectivity index (χ1) is 8.19. The van der Waals surface area contributed by atoms with Gasteiger partial charge in [-0.25, -0.2) is 0 Å². The van der Waals surface area contributed by atoms with Crippen LogP contribution in [0.1, 0.15) is 32.3 Å². The predicted molar refractivity (Wildman–Crippen MR) is 70.3 cm³/mol. The van der Waals surface area contributed by atoms with E-state index in [1.807, 2.05) is 30.3 Å². The maximum Gasteiger partial charge on any atom is 0.234 e. The number of nitrogens with one attached hydrogen (secondary N) is 1. The number of rotatable bonds is 7. The van der Waals surface area contributed by atoms with E-state index in [0.717, 1.165) is 12.8 Å². The highest BCUT2D eigenvalue weighted by Crippen LogP contribution is 2.13. The monoisotopic (exact) mass is 234 g/mol. The standard InChI is InChI=1S/C14H22N2O/c1-3-12(4-2)13(14(15)17)16-10-11-8-6-5-7-9-11/h5-9,12-13,16H,3-4,10H2,1-2H3,(H2,15,17)/t13-/m0/s1. The summed E-state index contributed by atoms with van der Waals surface area (Å²) >= 11 is 0. The van der Waals surface area contributed by atoms with Gasteiger partial charge >= 0.3 is 0 Å². The second kappa shape index (κ2) is 7.07. The van der Waals surface area contributed by atoms with Gasteiger partial charge in [0.05, 0.1) is 6.04 Å².